The number of nitrogens with one attached hydrogen (secondary N) is 1. The average molecular weight is 385 g/mol. The second-order valence-corrected chi connectivity index (χ2v) is 6.18. The lowest BCUT2D eigenvalue weighted by molar-refractivity contribution is -0.384. The summed E-state index contributed by atoms with van der Waals surface area (Å²) in [6.07, 6.45) is 0. The van der Waals surface area contributed by atoms with Crippen LogP contribution < -0.4 is 5.32 Å². The first-order valence-corrected chi connectivity index (χ1v) is 7.86. The first-order valence-electron chi connectivity index (χ1n) is 6.08. The lowest BCUT2D eigenvalue weighted by Gasteiger charge is -2.06. The minimum Gasteiger partial charge on any atom is -0.323 e. The monoisotopic (exact) mass is 384 g/mol. The van der Waals surface area contributed by atoms with E-state index in [0.29, 0.717) is 4.47 Å². The molecule has 0 aliphatic carbocycles. The number of nitrogens with zero attached hydrogens (tertiary/aromatic N) is 1. The van der Waals surface area contributed by atoms with Gasteiger partial charge in [-0.1, -0.05) is 15.9 Å². The van der Waals surface area contributed by atoms with Crippen LogP contribution in [0.25, 0.3) is 0 Å². The van der Waals surface area contributed by atoms with Gasteiger partial charge in [-0.2, -0.15) is 0 Å². The molecular formula is C14H10BrFN2O3S. The molecule has 0 saturated heterocycles. The maximum absolute atomic E-state index is 13.6. The molecule has 1 N–H and O–H groups in total. The SMILES string of the molecule is O=C(CSc1ccc([N+](=O)[O-])cc1)Nc1ccc(Br)cc1F. The van der Waals surface area contributed by atoms with Crippen LogP contribution in [0, 0.1) is 15.9 Å². The van der Waals surface area contributed by atoms with E-state index in [4.69, 9.17) is 0 Å². The quantitative estimate of drug-likeness (QED) is 0.475. The predicted molar refractivity (Wildman–Crippen MR) is 86.6 cm³/mol. The van der Waals surface area contributed by atoms with Crippen molar-refractivity contribution in [2.75, 3.05) is 11.1 Å². The smallest absolute Gasteiger partial charge is 0.269 e. The Hall–Kier alpha value is -1.93. The summed E-state index contributed by atoms with van der Waals surface area (Å²) in [5.74, 6) is -0.805. The number of nitro benzene ring substituents is 1. The third-order valence-electron chi connectivity index (χ3n) is 2.62. The Morgan fingerprint density at radius 1 is 1.27 bits per heavy atom. The van der Waals surface area contributed by atoms with Gasteiger partial charge in [0.15, 0.2) is 0 Å². The third-order valence-corrected chi connectivity index (χ3v) is 4.13. The van der Waals surface area contributed by atoms with E-state index < -0.39 is 10.7 Å². The molecule has 0 saturated carbocycles. The fraction of sp³-hybridized carbons (Fsp3) is 0.0714. The molecule has 0 bridgehead atoms. The van der Waals surface area contributed by atoms with Crippen LogP contribution in [0.1, 0.15) is 0 Å². The summed E-state index contributed by atoms with van der Waals surface area (Å²) in [7, 11) is 0. The van der Waals surface area contributed by atoms with Crippen LogP contribution in [0.3, 0.4) is 0 Å². The van der Waals surface area contributed by atoms with Gasteiger partial charge in [-0.15, -0.1) is 11.8 Å². The minimum absolute atomic E-state index is 0.00858. The molecule has 0 heterocycles. The van der Waals surface area contributed by atoms with Crippen molar-refractivity contribution in [2.45, 2.75) is 4.90 Å². The third kappa shape index (κ3) is 4.54. The van der Waals surface area contributed by atoms with Crippen molar-refractivity contribution >= 4 is 45.0 Å². The Kier molecular flexibility index (Phi) is 5.51. The van der Waals surface area contributed by atoms with Gasteiger partial charge >= 0.3 is 0 Å². The van der Waals surface area contributed by atoms with Crippen molar-refractivity contribution in [3.8, 4) is 0 Å². The molecular weight excluding hydrogens is 375 g/mol. The van der Waals surface area contributed by atoms with Gasteiger partial charge in [0.05, 0.1) is 16.4 Å². The number of hydrogen-bond donors (Lipinski definition) is 1. The molecule has 0 aromatic heterocycles. The minimum atomic E-state index is -0.525. The largest absolute Gasteiger partial charge is 0.323 e. The summed E-state index contributed by atoms with van der Waals surface area (Å²) >= 11 is 4.35. The van der Waals surface area contributed by atoms with Gasteiger partial charge in [-0.25, -0.2) is 4.39 Å². The van der Waals surface area contributed by atoms with Crippen LogP contribution in [-0.2, 0) is 4.79 Å². The lowest BCUT2D eigenvalue weighted by atomic mass is 10.3. The van der Waals surface area contributed by atoms with E-state index >= 15 is 0 Å². The topological polar surface area (TPSA) is 72.2 Å². The highest BCUT2D eigenvalue weighted by Gasteiger charge is 2.09. The van der Waals surface area contributed by atoms with E-state index in [9.17, 15) is 19.3 Å². The molecule has 0 fully saturated rings. The van der Waals surface area contributed by atoms with Gasteiger partial charge in [0, 0.05) is 21.5 Å². The molecule has 8 heteroatoms. The number of carbonyl (C=O) groups is 1. The van der Waals surface area contributed by atoms with E-state index in [1.165, 1.54) is 36.0 Å². The van der Waals surface area contributed by atoms with E-state index in [2.05, 4.69) is 21.2 Å². The Bertz CT molecular complexity index is 710. The van der Waals surface area contributed by atoms with Crippen LogP contribution in [0.4, 0.5) is 15.8 Å². The first kappa shape index (κ1) is 16.4. The normalized spacial score (nSPS) is 10.3. The Morgan fingerprint density at radius 2 is 1.95 bits per heavy atom. The molecule has 5 nitrogen and oxygen atoms in total. The van der Waals surface area contributed by atoms with E-state index in [0.717, 1.165) is 4.90 Å². The summed E-state index contributed by atoms with van der Waals surface area (Å²) in [4.78, 5) is 22.5. The summed E-state index contributed by atoms with van der Waals surface area (Å²) in [5.41, 5.74) is 0.100. The summed E-state index contributed by atoms with van der Waals surface area (Å²) < 4.78 is 14.2. The van der Waals surface area contributed by atoms with Crippen molar-refractivity contribution in [1.29, 1.82) is 0 Å². The fourth-order valence-corrected chi connectivity index (χ4v) is 2.62. The van der Waals surface area contributed by atoms with Crippen LogP contribution in [-0.4, -0.2) is 16.6 Å². The second-order valence-electron chi connectivity index (χ2n) is 4.21. The zero-order chi connectivity index (χ0) is 16.1. The van der Waals surface area contributed by atoms with E-state index in [-0.39, 0.29) is 23.0 Å². The standard InChI is InChI=1S/C14H10BrFN2O3S/c15-9-1-6-13(12(16)7-9)17-14(19)8-22-11-4-2-10(3-5-11)18(20)21/h1-7H,8H2,(H,17,19). The predicted octanol–water partition coefficient (Wildman–Crippen LogP) is 4.23. The Morgan fingerprint density at radius 3 is 2.55 bits per heavy atom. The van der Waals surface area contributed by atoms with E-state index in [1.54, 1.807) is 18.2 Å². The molecule has 22 heavy (non-hydrogen) atoms. The average Bonchev–Trinajstić information content (AvgIpc) is 2.48. The number of hydrogen-bond acceptors (Lipinski definition) is 4. The molecule has 2 rings (SSSR count). The Labute approximate surface area is 138 Å². The zero-order valence-electron chi connectivity index (χ0n) is 11.1. The van der Waals surface area contributed by atoms with Crippen molar-refractivity contribution < 1.29 is 14.1 Å². The summed E-state index contributed by atoms with van der Waals surface area (Å²) in [5, 5.41) is 13.0. The molecule has 0 radical (unpaired) electrons. The highest BCUT2D eigenvalue weighted by atomic mass is 79.9. The highest BCUT2D eigenvalue weighted by Crippen LogP contribution is 2.23. The molecule has 0 atom stereocenters. The van der Waals surface area contributed by atoms with Crippen molar-refractivity contribution in [3.05, 3.63) is 62.9 Å². The van der Waals surface area contributed by atoms with Crippen molar-refractivity contribution in [2.24, 2.45) is 0 Å². The Balaban J connectivity index is 1.91. The number of anilines is 1. The number of carbonyl (C=O) groups excluding carboxylic acids is 1. The highest BCUT2D eigenvalue weighted by molar-refractivity contribution is 9.10. The van der Waals surface area contributed by atoms with Crippen LogP contribution in [0.5, 0.6) is 0 Å². The second kappa shape index (κ2) is 7.37. The molecule has 1 amide bonds. The number of nitro groups is 1. The number of thioether (sulfide) groups is 1. The van der Waals surface area contributed by atoms with Gasteiger partial charge in [0.2, 0.25) is 5.91 Å². The van der Waals surface area contributed by atoms with Gasteiger partial charge in [0.25, 0.3) is 5.69 Å². The van der Waals surface area contributed by atoms with E-state index in [1.807, 2.05) is 0 Å². The van der Waals surface area contributed by atoms with Crippen LogP contribution in [0.2, 0.25) is 0 Å². The number of halogens is 2. The maximum atomic E-state index is 13.6. The first-order chi connectivity index (χ1) is 10.5. The van der Waals surface area contributed by atoms with Gasteiger partial charge in [-0.05, 0) is 30.3 Å². The van der Waals surface area contributed by atoms with Crippen molar-refractivity contribution in [1.82, 2.24) is 0 Å². The number of rotatable bonds is 5. The summed E-state index contributed by atoms with van der Waals surface area (Å²) in [6, 6.07) is 10.2. The van der Waals surface area contributed by atoms with Crippen LogP contribution >= 0.6 is 27.7 Å². The fourth-order valence-electron chi connectivity index (χ4n) is 1.59. The molecule has 114 valence electrons. The maximum Gasteiger partial charge on any atom is 0.269 e. The van der Waals surface area contributed by atoms with Gasteiger partial charge in [0.1, 0.15) is 5.82 Å². The molecule has 2 aromatic carbocycles. The molecule has 0 unspecified atom stereocenters. The molecule has 2 aromatic rings. The number of non-ortho nitro benzene ring substituents is 1. The molecule has 0 spiro atoms. The molecule has 0 aliphatic rings. The van der Waals surface area contributed by atoms with Gasteiger partial charge in [-0.3, -0.25) is 14.9 Å². The number of benzene rings is 2. The lowest BCUT2D eigenvalue weighted by Crippen LogP contribution is -2.14. The van der Waals surface area contributed by atoms with Crippen LogP contribution in [0.15, 0.2) is 51.8 Å². The zero-order valence-corrected chi connectivity index (χ0v) is 13.5. The van der Waals surface area contributed by atoms with Crippen molar-refractivity contribution in [3.63, 3.8) is 0 Å². The molecule has 0 aliphatic heterocycles. The number of amides is 1. The summed E-state index contributed by atoms with van der Waals surface area (Å²) in [6.45, 7) is 0. The van der Waals surface area contributed by atoms with Gasteiger partial charge < -0.3 is 5.32 Å².